The Bertz CT molecular complexity index is 384. The lowest BCUT2D eigenvalue weighted by molar-refractivity contribution is -0.404. The van der Waals surface area contributed by atoms with Gasteiger partial charge in [0.05, 0.1) is 0 Å². The summed E-state index contributed by atoms with van der Waals surface area (Å²) in [6.07, 6.45) is 0.357. The lowest BCUT2D eigenvalue weighted by Crippen LogP contribution is -2.64. The van der Waals surface area contributed by atoms with Crippen LogP contribution in [0.1, 0.15) is 6.42 Å². The Morgan fingerprint density at radius 2 is 1.63 bits per heavy atom. The lowest BCUT2D eigenvalue weighted by atomic mass is 10.5. The first-order valence-corrected chi connectivity index (χ1v) is 7.33. The Balaban J connectivity index is 2.49. The molecule has 19 heavy (non-hydrogen) atoms. The summed E-state index contributed by atoms with van der Waals surface area (Å²) in [5.41, 5.74) is 4.51. The van der Waals surface area contributed by atoms with E-state index in [1.807, 2.05) is 0 Å². The van der Waals surface area contributed by atoms with E-state index in [4.69, 9.17) is 11.7 Å². The number of hydrogen-bond donors (Lipinski definition) is 5. The average molecular weight is 288 g/mol. The average Bonchev–Trinajstić information content (AvgIpc) is 2.43. The first kappa shape index (κ1) is 15.5. The fraction of sp³-hybridized carbons (Fsp3) is 0.571. The second-order valence-electron chi connectivity index (χ2n) is 3.51. The normalized spacial score (nSPS) is 11.2. The molecule has 1 aromatic heterocycles. The van der Waals surface area contributed by atoms with Gasteiger partial charge in [0, 0.05) is 13.7 Å². The Labute approximate surface area is 110 Å². The molecule has 0 aliphatic carbocycles. The Morgan fingerprint density at radius 1 is 1.11 bits per heavy atom. The molecular weight excluding hydrogens is 272 g/mol. The summed E-state index contributed by atoms with van der Waals surface area (Å²) in [5, 5.41) is 2.83. The summed E-state index contributed by atoms with van der Waals surface area (Å²) in [4.78, 5) is 33.9. The highest BCUT2D eigenvalue weighted by Gasteiger charge is 2.05. The van der Waals surface area contributed by atoms with Gasteiger partial charge in [-0.1, -0.05) is 6.04 Å². The number of nitrogens with one attached hydrogen (secondary N) is 3. The topological polar surface area (TPSA) is 182 Å². The molecule has 0 saturated heterocycles. The first-order valence-electron chi connectivity index (χ1n) is 5.40. The zero-order valence-corrected chi connectivity index (χ0v) is 11.3. The van der Waals surface area contributed by atoms with Gasteiger partial charge in [-0.3, -0.25) is 10.9 Å². The molecule has 0 amide bonds. The van der Waals surface area contributed by atoms with Crippen LogP contribution in [0, 0.1) is 0 Å². The third kappa shape index (κ3) is 5.29. The molecule has 12 heteroatoms. The zero-order chi connectivity index (χ0) is 14.3. The molecule has 1 rings (SSSR count). The smallest absolute Gasteiger partial charge is 0.243 e. The summed E-state index contributed by atoms with van der Waals surface area (Å²) < 4.78 is 4.37. The predicted molar refractivity (Wildman–Crippen MR) is 66.1 cm³/mol. The molecule has 0 unspecified atom stereocenters. The molecule has 0 radical (unpaired) electrons. The third-order valence-corrected chi connectivity index (χ3v) is 3.74. The Hall–Kier alpha value is -1.57. The van der Waals surface area contributed by atoms with E-state index in [1.54, 1.807) is 0 Å². The Kier molecular flexibility index (Phi) is 5.81. The van der Waals surface area contributed by atoms with E-state index in [1.165, 1.54) is 0 Å². The van der Waals surface area contributed by atoms with Gasteiger partial charge >= 0.3 is 0 Å². The maximum absolute atomic E-state index is 11.1. The number of hydrogen-bond acceptors (Lipinski definition) is 11. The predicted octanol–water partition coefficient (Wildman–Crippen LogP) is -3.45. The first-order chi connectivity index (χ1) is 9.00. The number of aromatic nitrogens is 3. The van der Waals surface area contributed by atoms with Crippen molar-refractivity contribution < 1.29 is 14.0 Å². The van der Waals surface area contributed by atoms with Gasteiger partial charge in [0.1, 0.15) is 0 Å². The molecular formula is C7H16N8O3Si-2. The number of nitrogen functional groups attached to an aromatic ring is 2. The maximum Gasteiger partial charge on any atom is 0.243 e. The number of hydrazine groups is 2. The van der Waals surface area contributed by atoms with Crippen LogP contribution >= 0.6 is 0 Å². The summed E-state index contributed by atoms with van der Waals surface area (Å²) >= 11 is 0. The SMILES string of the molecule is CO[Si]([O-])([O-])CCCNc1nc(NN)nc(NN)n1. The van der Waals surface area contributed by atoms with Gasteiger partial charge in [-0.15, -0.1) is 0 Å². The fourth-order valence-corrected chi connectivity index (χ4v) is 2.01. The highest BCUT2D eigenvalue weighted by atomic mass is 28.4. The van der Waals surface area contributed by atoms with Crippen molar-refractivity contribution in [1.29, 1.82) is 0 Å². The van der Waals surface area contributed by atoms with E-state index < -0.39 is 8.80 Å². The summed E-state index contributed by atoms with van der Waals surface area (Å²) in [6.45, 7) is 0.348. The molecule has 0 spiro atoms. The highest BCUT2D eigenvalue weighted by Crippen LogP contribution is 2.08. The van der Waals surface area contributed by atoms with Crippen molar-refractivity contribution in [1.82, 2.24) is 15.0 Å². The van der Waals surface area contributed by atoms with Crippen molar-refractivity contribution in [2.75, 3.05) is 29.8 Å². The molecule has 0 saturated carbocycles. The van der Waals surface area contributed by atoms with Crippen LogP contribution in [0.3, 0.4) is 0 Å². The minimum atomic E-state index is -4.01. The molecule has 1 aromatic rings. The van der Waals surface area contributed by atoms with Crippen molar-refractivity contribution in [2.45, 2.75) is 12.5 Å². The molecule has 0 atom stereocenters. The number of anilines is 3. The quantitative estimate of drug-likeness (QED) is 0.139. The van der Waals surface area contributed by atoms with Crippen LogP contribution in [0.15, 0.2) is 0 Å². The van der Waals surface area contributed by atoms with E-state index in [9.17, 15) is 9.59 Å². The van der Waals surface area contributed by atoms with Crippen LogP contribution < -0.4 is 37.4 Å². The third-order valence-electron chi connectivity index (χ3n) is 2.15. The molecule has 0 bridgehead atoms. The standard InChI is InChI=1S/C7H16N8O3Si/c1-18-19(16,17)4-2-3-10-5-11-6(14-8)13-7(12-5)15-9/h2-4,8-9H2,1H3,(H3,10,11,12,13,14,15)/q-2. The fourth-order valence-electron chi connectivity index (χ4n) is 1.19. The van der Waals surface area contributed by atoms with Gasteiger partial charge in [0.2, 0.25) is 17.8 Å². The molecule has 0 fully saturated rings. The van der Waals surface area contributed by atoms with E-state index in [-0.39, 0.29) is 23.9 Å². The highest BCUT2D eigenvalue weighted by molar-refractivity contribution is 6.53. The van der Waals surface area contributed by atoms with Crippen LogP contribution in [-0.4, -0.2) is 37.4 Å². The van der Waals surface area contributed by atoms with Crippen molar-refractivity contribution in [3.8, 4) is 0 Å². The molecule has 0 aliphatic heterocycles. The van der Waals surface area contributed by atoms with E-state index in [0.717, 1.165) is 7.11 Å². The van der Waals surface area contributed by atoms with Gasteiger partial charge in [-0.25, -0.2) is 11.7 Å². The summed E-state index contributed by atoms with van der Waals surface area (Å²) in [7, 11) is -2.87. The number of nitrogens with zero attached hydrogens (tertiary/aromatic N) is 3. The second-order valence-corrected chi connectivity index (χ2v) is 5.79. The maximum atomic E-state index is 11.1. The van der Waals surface area contributed by atoms with E-state index in [0.29, 0.717) is 13.0 Å². The number of rotatable bonds is 8. The molecule has 11 nitrogen and oxygen atoms in total. The molecule has 108 valence electrons. The van der Waals surface area contributed by atoms with Crippen LogP contribution in [-0.2, 0) is 4.43 Å². The second kappa shape index (κ2) is 7.12. The van der Waals surface area contributed by atoms with Gasteiger partial charge in [-0.2, -0.15) is 15.0 Å². The van der Waals surface area contributed by atoms with Gasteiger partial charge < -0.3 is 19.3 Å². The lowest BCUT2D eigenvalue weighted by Gasteiger charge is -2.44. The van der Waals surface area contributed by atoms with E-state index >= 15 is 0 Å². The minimum Gasteiger partial charge on any atom is -0.849 e. The number of nitrogens with two attached hydrogens (primary N) is 2. The van der Waals surface area contributed by atoms with Crippen molar-refractivity contribution >= 4 is 26.6 Å². The zero-order valence-electron chi connectivity index (χ0n) is 10.3. The summed E-state index contributed by atoms with van der Waals surface area (Å²) in [5.74, 6) is 10.8. The van der Waals surface area contributed by atoms with Crippen molar-refractivity contribution in [3.05, 3.63) is 0 Å². The Morgan fingerprint density at radius 3 is 2.11 bits per heavy atom. The molecule has 0 aliphatic rings. The largest absolute Gasteiger partial charge is 0.849 e. The van der Waals surface area contributed by atoms with Gasteiger partial charge in [0.25, 0.3) is 0 Å². The van der Waals surface area contributed by atoms with Crippen molar-refractivity contribution in [3.63, 3.8) is 0 Å². The van der Waals surface area contributed by atoms with Gasteiger partial charge in [0.15, 0.2) is 0 Å². The van der Waals surface area contributed by atoms with Gasteiger partial charge in [-0.05, 0) is 15.2 Å². The minimum absolute atomic E-state index is 0.0500. The van der Waals surface area contributed by atoms with Crippen LogP contribution in [0.4, 0.5) is 17.8 Å². The molecule has 0 aromatic carbocycles. The van der Waals surface area contributed by atoms with Crippen molar-refractivity contribution in [2.24, 2.45) is 11.7 Å². The molecule has 7 N–H and O–H groups in total. The summed E-state index contributed by atoms with van der Waals surface area (Å²) in [6, 6.07) is -0.0500. The van der Waals surface area contributed by atoms with Crippen LogP contribution in [0.5, 0.6) is 0 Å². The van der Waals surface area contributed by atoms with Crippen LogP contribution in [0.2, 0.25) is 6.04 Å². The monoisotopic (exact) mass is 288 g/mol. The van der Waals surface area contributed by atoms with E-state index in [2.05, 4.69) is 35.5 Å². The molecule has 1 heterocycles. The van der Waals surface area contributed by atoms with Crippen LogP contribution in [0.25, 0.3) is 0 Å².